The van der Waals surface area contributed by atoms with Gasteiger partial charge in [-0.3, -0.25) is 4.79 Å². The van der Waals surface area contributed by atoms with Gasteiger partial charge >= 0.3 is 0 Å². The molecule has 1 aliphatic carbocycles. The first kappa shape index (κ1) is 13.7. The van der Waals surface area contributed by atoms with Gasteiger partial charge in [0.15, 0.2) is 0 Å². The van der Waals surface area contributed by atoms with Crippen LogP contribution in [0.4, 0.5) is 0 Å². The van der Waals surface area contributed by atoms with Gasteiger partial charge in [0.2, 0.25) is 5.91 Å². The fourth-order valence-corrected chi connectivity index (χ4v) is 2.72. The number of carbonyl (C=O) groups is 1. The predicted octanol–water partition coefficient (Wildman–Crippen LogP) is 2.88. The topological polar surface area (TPSA) is 47.2 Å². The van der Waals surface area contributed by atoms with Crippen molar-refractivity contribution in [3.8, 4) is 5.69 Å². The van der Waals surface area contributed by atoms with Crippen LogP contribution in [0, 0.1) is 5.92 Å². The van der Waals surface area contributed by atoms with E-state index in [1.807, 2.05) is 42.6 Å². The fourth-order valence-electron chi connectivity index (χ4n) is 2.72. The standard InChI is InChI=1S/C17H19N3O/c21-17(14-7-3-1-4-8-14)19-15-11-12-20(18-13-15)16-9-5-2-6-10-16/h2,5-6,9-14H,1,3-4,7-8H2. The molecule has 4 nitrogen and oxygen atoms in total. The predicted molar refractivity (Wildman–Crippen MR) is 80.7 cm³/mol. The second-order valence-electron chi connectivity index (χ2n) is 5.45. The molecule has 108 valence electrons. The summed E-state index contributed by atoms with van der Waals surface area (Å²) in [7, 11) is 0. The van der Waals surface area contributed by atoms with Gasteiger partial charge < -0.3 is 0 Å². The summed E-state index contributed by atoms with van der Waals surface area (Å²) >= 11 is 0. The van der Waals surface area contributed by atoms with E-state index in [4.69, 9.17) is 0 Å². The first-order chi connectivity index (χ1) is 10.3. The molecule has 0 bridgehead atoms. The highest BCUT2D eigenvalue weighted by Crippen LogP contribution is 2.24. The van der Waals surface area contributed by atoms with Crippen LogP contribution < -0.4 is 5.36 Å². The van der Waals surface area contributed by atoms with Crippen LogP contribution in [-0.2, 0) is 4.79 Å². The molecule has 1 aromatic carbocycles. The Balaban J connectivity index is 1.77. The third kappa shape index (κ3) is 3.45. The van der Waals surface area contributed by atoms with E-state index >= 15 is 0 Å². The van der Waals surface area contributed by atoms with E-state index in [0.717, 1.165) is 31.4 Å². The number of carbonyl (C=O) groups excluding carboxylic acids is 1. The molecular weight excluding hydrogens is 262 g/mol. The van der Waals surface area contributed by atoms with Gasteiger partial charge in [-0.05, 0) is 31.0 Å². The van der Waals surface area contributed by atoms with Crippen molar-refractivity contribution >= 4 is 5.91 Å². The van der Waals surface area contributed by atoms with Gasteiger partial charge in [0.05, 0.1) is 17.2 Å². The molecule has 0 spiro atoms. The average Bonchev–Trinajstić information content (AvgIpc) is 2.57. The number of nitrogens with zero attached hydrogens (tertiary/aromatic N) is 3. The Kier molecular flexibility index (Phi) is 4.24. The summed E-state index contributed by atoms with van der Waals surface area (Å²) in [5.41, 5.74) is 0.989. The molecule has 1 fully saturated rings. The molecule has 3 rings (SSSR count). The van der Waals surface area contributed by atoms with Crippen molar-refractivity contribution < 1.29 is 4.79 Å². The lowest BCUT2D eigenvalue weighted by molar-refractivity contribution is -0.122. The number of rotatable bonds is 2. The Morgan fingerprint density at radius 2 is 1.86 bits per heavy atom. The number of para-hydroxylation sites is 1. The number of hydrogen-bond donors (Lipinski definition) is 0. The van der Waals surface area contributed by atoms with Gasteiger partial charge in [-0.2, -0.15) is 5.10 Å². The lowest BCUT2D eigenvalue weighted by atomic mass is 9.89. The average molecular weight is 281 g/mol. The van der Waals surface area contributed by atoms with E-state index in [9.17, 15) is 4.79 Å². The summed E-state index contributed by atoms with van der Waals surface area (Å²) in [4.78, 5) is 16.3. The van der Waals surface area contributed by atoms with Crippen LogP contribution in [0.15, 0.2) is 53.8 Å². The highest BCUT2D eigenvalue weighted by atomic mass is 16.1. The summed E-state index contributed by atoms with van der Waals surface area (Å²) in [5, 5.41) is 4.95. The summed E-state index contributed by atoms with van der Waals surface area (Å²) in [6, 6.07) is 11.7. The molecular formula is C17H19N3O. The van der Waals surface area contributed by atoms with Crippen LogP contribution in [-0.4, -0.2) is 15.7 Å². The van der Waals surface area contributed by atoms with Crippen molar-refractivity contribution in [1.82, 2.24) is 9.78 Å². The SMILES string of the molecule is O=C(N=c1ccn(-c2ccccc2)nc1)C1CCCCC1. The van der Waals surface area contributed by atoms with Gasteiger partial charge in [0, 0.05) is 12.1 Å². The largest absolute Gasteiger partial charge is 0.272 e. The maximum atomic E-state index is 12.1. The van der Waals surface area contributed by atoms with E-state index < -0.39 is 0 Å². The number of hydrogen-bond acceptors (Lipinski definition) is 2. The van der Waals surface area contributed by atoms with Gasteiger partial charge in [0.25, 0.3) is 0 Å². The molecule has 0 saturated heterocycles. The molecule has 1 aliphatic rings. The Labute approximate surface area is 124 Å². The lowest BCUT2D eigenvalue weighted by Gasteiger charge is -2.17. The first-order valence-corrected chi connectivity index (χ1v) is 7.52. The summed E-state index contributed by atoms with van der Waals surface area (Å²) < 4.78 is 1.77. The normalized spacial score (nSPS) is 16.9. The molecule has 0 N–H and O–H groups in total. The Morgan fingerprint density at radius 3 is 2.52 bits per heavy atom. The smallest absolute Gasteiger partial charge is 0.249 e. The van der Waals surface area contributed by atoms with Gasteiger partial charge in [-0.1, -0.05) is 37.5 Å². The van der Waals surface area contributed by atoms with Gasteiger partial charge in [-0.25, -0.2) is 9.67 Å². The molecule has 1 heterocycles. The minimum absolute atomic E-state index is 0.00830. The molecule has 1 aromatic heterocycles. The molecule has 21 heavy (non-hydrogen) atoms. The van der Waals surface area contributed by atoms with Crippen molar-refractivity contribution in [1.29, 1.82) is 0 Å². The van der Waals surface area contributed by atoms with Crippen LogP contribution in [0.1, 0.15) is 32.1 Å². The molecule has 1 saturated carbocycles. The van der Waals surface area contributed by atoms with E-state index in [0.29, 0.717) is 5.36 Å². The van der Waals surface area contributed by atoms with E-state index in [1.54, 1.807) is 10.9 Å². The van der Waals surface area contributed by atoms with E-state index in [1.165, 1.54) is 6.42 Å². The van der Waals surface area contributed by atoms with Gasteiger partial charge in [0.1, 0.15) is 0 Å². The zero-order valence-electron chi connectivity index (χ0n) is 12.0. The maximum Gasteiger partial charge on any atom is 0.249 e. The van der Waals surface area contributed by atoms with E-state index in [2.05, 4.69) is 10.1 Å². The summed E-state index contributed by atoms with van der Waals surface area (Å²) in [6.07, 6.45) is 8.98. The Hall–Kier alpha value is -2.23. The zero-order valence-corrected chi connectivity index (χ0v) is 12.0. The van der Waals surface area contributed by atoms with Gasteiger partial charge in [-0.15, -0.1) is 0 Å². The Bertz CT molecular complexity index is 649. The number of benzene rings is 1. The van der Waals surface area contributed by atoms with Crippen LogP contribution >= 0.6 is 0 Å². The van der Waals surface area contributed by atoms with Crippen LogP contribution in [0.3, 0.4) is 0 Å². The molecule has 1 amide bonds. The highest BCUT2D eigenvalue weighted by molar-refractivity contribution is 5.79. The zero-order chi connectivity index (χ0) is 14.5. The quantitative estimate of drug-likeness (QED) is 0.849. The fraction of sp³-hybridized carbons (Fsp3) is 0.353. The maximum absolute atomic E-state index is 12.1. The highest BCUT2D eigenvalue weighted by Gasteiger charge is 2.20. The van der Waals surface area contributed by atoms with Crippen molar-refractivity contribution in [2.45, 2.75) is 32.1 Å². The molecule has 0 aliphatic heterocycles. The Morgan fingerprint density at radius 1 is 1.10 bits per heavy atom. The molecule has 2 aromatic rings. The minimum atomic E-state index is 0.00830. The monoisotopic (exact) mass is 281 g/mol. The van der Waals surface area contributed by atoms with Crippen molar-refractivity contribution in [3.05, 3.63) is 54.1 Å². The third-order valence-electron chi connectivity index (χ3n) is 3.92. The van der Waals surface area contributed by atoms with E-state index in [-0.39, 0.29) is 11.8 Å². The first-order valence-electron chi connectivity index (χ1n) is 7.52. The number of amides is 1. The van der Waals surface area contributed by atoms with Crippen molar-refractivity contribution in [2.75, 3.05) is 0 Å². The summed E-state index contributed by atoms with van der Waals surface area (Å²) in [6.45, 7) is 0. The second-order valence-corrected chi connectivity index (χ2v) is 5.45. The second kappa shape index (κ2) is 6.48. The van der Waals surface area contributed by atoms with Crippen LogP contribution in [0.2, 0.25) is 0 Å². The van der Waals surface area contributed by atoms with Crippen molar-refractivity contribution in [2.24, 2.45) is 10.9 Å². The lowest BCUT2D eigenvalue weighted by Crippen LogP contribution is -2.19. The van der Waals surface area contributed by atoms with Crippen LogP contribution in [0.5, 0.6) is 0 Å². The summed E-state index contributed by atoms with van der Waals surface area (Å²) in [5.74, 6) is 0.120. The number of aromatic nitrogens is 2. The molecule has 0 atom stereocenters. The molecule has 4 heteroatoms. The van der Waals surface area contributed by atoms with Crippen LogP contribution in [0.25, 0.3) is 5.69 Å². The molecule has 0 radical (unpaired) electrons. The molecule has 0 unspecified atom stereocenters. The van der Waals surface area contributed by atoms with Crippen molar-refractivity contribution in [3.63, 3.8) is 0 Å². The third-order valence-corrected chi connectivity index (χ3v) is 3.92. The minimum Gasteiger partial charge on any atom is -0.272 e.